The lowest BCUT2D eigenvalue weighted by Crippen LogP contribution is -2.49. The predicted octanol–water partition coefficient (Wildman–Crippen LogP) is 0.823. The van der Waals surface area contributed by atoms with Crippen molar-refractivity contribution in [3.63, 3.8) is 0 Å². The number of hydrogen-bond acceptors (Lipinski definition) is 6. The van der Waals surface area contributed by atoms with E-state index in [0.717, 1.165) is 48.8 Å². The van der Waals surface area contributed by atoms with Crippen molar-refractivity contribution in [3.8, 4) is 0 Å². The highest BCUT2D eigenvalue weighted by atomic mass is 79.9. The largest absolute Gasteiger partial charge is 0.349 e. The van der Waals surface area contributed by atoms with Crippen molar-refractivity contribution >= 4 is 27.8 Å². The number of carbonyl (C=O) groups is 1. The number of aromatic amines is 1. The molecule has 3 heterocycles. The van der Waals surface area contributed by atoms with E-state index in [9.17, 15) is 4.79 Å². The normalized spacial score (nSPS) is 15.5. The average Bonchev–Trinajstić information content (AvgIpc) is 2.95. The van der Waals surface area contributed by atoms with E-state index >= 15 is 0 Å². The van der Waals surface area contributed by atoms with E-state index < -0.39 is 0 Å². The van der Waals surface area contributed by atoms with Crippen LogP contribution < -0.4 is 10.2 Å². The minimum atomic E-state index is -0.164. The number of rotatable bonds is 5. The molecule has 8 nitrogen and oxygen atoms in total. The van der Waals surface area contributed by atoms with Crippen molar-refractivity contribution in [2.75, 3.05) is 44.2 Å². The molecule has 1 amide bonds. The Bertz CT molecular complexity index is 682. The van der Waals surface area contributed by atoms with Crippen molar-refractivity contribution in [2.24, 2.45) is 0 Å². The lowest BCUT2D eigenvalue weighted by atomic mass is 10.3. The number of halogens is 1. The number of aromatic nitrogens is 4. The third kappa shape index (κ3) is 3.90. The second-order valence-electron chi connectivity index (χ2n) is 5.64. The quantitative estimate of drug-likeness (QED) is 0.781. The second-order valence-corrected chi connectivity index (χ2v) is 6.44. The number of nitrogens with zero attached hydrogens (tertiary/aromatic N) is 5. The van der Waals surface area contributed by atoms with E-state index in [1.54, 1.807) is 12.4 Å². The third-order valence-electron chi connectivity index (χ3n) is 4.01. The third-order valence-corrected chi connectivity index (χ3v) is 4.98. The molecule has 24 heavy (non-hydrogen) atoms. The number of nitrogens with one attached hydrogen (secondary N) is 2. The molecule has 0 unspecified atom stereocenters. The number of H-pyrrole nitrogens is 1. The van der Waals surface area contributed by atoms with Gasteiger partial charge in [0.25, 0.3) is 5.91 Å². The minimum absolute atomic E-state index is 0.164. The first kappa shape index (κ1) is 16.8. The maximum atomic E-state index is 12.1. The van der Waals surface area contributed by atoms with Gasteiger partial charge < -0.3 is 10.2 Å². The molecule has 1 saturated heterocycles. The highest BCUT2D eigenvalue weighted by molar-refractivity contribution is 9.10. The summed E-state index contributed by atoms with van der Waals surface area (Å²) in [4.78, 5) is 25.2. The minimum Gasteiger partial charge on any atom is -0.349 e. The number of piperazine rings is 1. The first-order valence-electron chi connectivity index (χ1n) is 7.88. The summed E-state index contributed by atoms with van der Waals surface area (Å²) in [5.74, 6) is 0.617. The van der Waals surface area contributed by atoms with E-state index in [-0.39, 0.29) is 5.91 Å². The Morgan fingerprint density at radius 1 is 1.29 bits per heavy atom. The van der Waals surface area contributed by atoms with Gasteiger partial charge in [-0.15, -0.1) is 0 Å². The van der Waals surface area contributed by atoms with E-state index in [4.69, 9.17) is 0 Å². The molecule has 0 bridgehead atoms. The van der Waals surface area contributed by atoms with Crippen LogP contribution in [0.15, 0.2) is 22.9 Å². The fourth-order valence-corrected chi connectivity index (χ4v) is 2.96. The Morgan fingerprint density at radius 3 is 2.62 bits per heavy atom. The van der Waals surface area contributed by atoms with Crippen molar-refractivity contribution in [1.29, 1.82) is 0 Å². The molecule has 0 aliphatic carbocycles. The molecule has 1 fully saturated rings. The Hall–Kier alpha value is -2.00. The molecule has 0 atom stereocenters. The van der Waals surface area contributed by atoms with Crippen molar-refractivity contribution in [1.82, 2.24) is 30.4 Å². The van der Waals surface area contributed by atoms with Gasteiger partial charge >= 0.3 is 0 Å². The van der Waals surface area contributed by atoms with E-state index in [1.165, 1.54) is 0 Å². The molecule has 9 heteroatoms. The van der Waals surface area contributed by atoms with Crippen LogP contribution in [0.4, 0.5) is 5.95 Å². The zero-order chi connectivity index (χ0) is 16.9. The number of amides is 1. The summed E-state index contributed by atoms with van der Waals surface area (Å²) < 4.78 is 0.719. The fourth-order valence-electron chi connectivity index (χ4n) is 2.60. The molecular weight excluding hydrogens is 374 g/mol. The summed E-state index contributed by atoms with van der Waals surface area (Å²) in [5.41, 5.74) is 1.25. The van der Waals surface area contributed by atoms with Crippen LogP contribution in [0.1, 0.15) is 16.2 Å². The van der Waals surface area contributed by atoms with Gasteiger partial charge in [0.2, 0.25) is 5.95 Å². The zero-order valence-electron chi connectivity index (χ0n) is 13.5. The maximum absolute atomic E-state index is 12.1. The van der Waals surface area contributed by atoms with Gasteiger partial charge in [0.05, 0.1) is 4.47 Å². The Labute approximate surface area is 148 Å². The van der Waals surface area contributed by atoms with Crippen LogP contribution in [-0.4, -0.2) is 70.2 Å². The highest BCUT2D eigenvalue weighted by Crippen LogP contribution is 2.17. The maximum Gasteiger partial charge on any atom is 0.273 e. The van der Waals surface area contributed by atoms with Gasteiger partial charge in [-0.05, 0) is 28.9 Å². The molecule has 0 saturated carbocycles. The lowest BCUT2D eigenvalue weighted by molar-refractivity contribution is 0.0942. The number of aryl methyl sites for hydroxylation is 1. The van der Waals surface area contributed by atoms with Crippen molar-refractivity contribution < 1.29 is 4.79 Å². The summed E-state index contributed by atoms with van der Waals surface area (Å²) in [6.07, 6.45) is 3.53. The first-order chi connectivity index (χ1) is 11.6. The lowest BCUT2D eigenvalue weighted by Gasteiger charge is -2.34. The molecule has 128 valence electrons. The smallest absolute Gasteiger partial charge is 0.273 e. The molecule has 0 spiro atoms. The fraction of sp³-hybridized carbons (Fsp3) is 0.467. The summed E-state index contributed by atoms with van der Waals surface area (Å²) in [6, 6.07) is 1.82. The van der Waals surface area contributed by atoms with Gasteiger partial charge in [-0.3, -0.25) is 14.8 Å². The molecule has 0 aromatic carbocycles. The topological polar surface area (TPSA) is 90.0 Å². The SMILES string of the molecule is Cc1[nH]nc(C(=O)NCCN2CCN(c3ncccn3)CC2)c1Br. The molecule has 3 rings (SSSR count). The Morgan fingerprint density at radius 2 is 2.00 bits per heavy atom. The van der Waals surface area contributed by atoms with Gasteiger partial charge in [0.1, 0.15) is 0 Å². The van der Waals surface area contributed by atoms with Gasteiger partial charge in [-0.1, -0.05) is 0 Å². The van der Waals surface area contributed by atoms with Crippen LogP contribution in [-0.2, 0) is 0 Å². The monoisotopic (exact) mass is 393 g/mol. The second kappa shape index (κ2) is 7.71. The Balaban J connectivity index is 1.41. The molecule has 1 aliphatic heterocycles. The highest BCUT2D eigenvalue weighted by Gasteiger charge is 2.19. The van der Waals surface area contributed by atoms with Crippen molar-refractivity contribution in [2.45, 2.75) is 6.92 Å². The van der Waals surface area contributed by atoms with E-state index in [1.807, 2.05) is 13.0 Å². The summed E-state index contributed by atoms with van der Waals surface area (Å²) >= 11 is 3.37. The summed E-state index contributed by atoms with van der Waals surface area (Å²) in [5, 5.41) is 9.71. The molecule has 2 aromatic heterocycles. The van der Waals surface area contributed by atoms with E-state index in [2.05, 4.69) is 51.2 Å². The van der Waals surface area contributed by atoms with Gasteiger partial charge in [0.15, 0.2) is 5.69 Å². The Kier molecular flexibility index (Phi) is 5.41. The summed E-state index contributed by atoms with van der Waals surface area (Å²) in [7, 11) is 0. The van der Waals surface area contributed by atoms with Crippen LogP contribution in [0.25, 0.3) is 0 Å². The number of anilines is 1. The standard InChI is InChI=1S/C15H20BrN7O/c1-11-12(16)13(21-20-11)14(24)17-5-6-22-7-9-23(10-8-22)15-18-3-2-4-19-15/h2-4H,5-10H2,1H3,(H,17,24)(H,20,21). The van der Waals surface area contributed by atoms with Crippen molar-refractivity contribution in [3.05, 3.63) is 34.3 Å². The van der Waals surface area contributed by atoms with Gasteiger partial charge in [-0.2, -0.15) is 5.10 Å². The van der Waals surface area contributed by atoms with Crippen LogP contribution >= 0.6 is 15.9 Å². The number of carbonyl (C=O) groups excluding carboxylic acids is 1. The van der Waals surface area contributed by atoms with Crippen LogP contribution in [0.3, 0.4) is 0 Å². The molecule has 2 N–H and O–H groups in total. The van der Waals surface area contributed by atoms with Crippen LogP contribution in [0.2, 0.25) is 0 Å². The zero-order valence-corrected chi connectivity index (χ0v) is 15.1. The first-order valence-corrected chi connectivity index (χ1v) is 8.67. The summed E-state index contributed by atoms with van der Waals surface area (Å²) in [6.45, 7) is 6.92. The van der Waals surface area contributed by atoms with Gasteiger partial charge in [0, 0.05) is 57.4 Å². The van der Waals surface area contributed by atoms with Crippen LogP contribution in [0.5, 0.6) is 0 Å². The molecule has 0 radical (unpaired) electrons. The molecule has 1 aliphatic rings. The molecule has 2 aromatic rings. The van der Waals surface area contributed by atoms with Crippen LogP contribution in [0, 0.1) is 6.92 Å². The molecular formula is C15H20BrN7O. The predicted molar refractivity (Wildman–Crippen MR) is 94.0 cm³/mol. The van der Waals surface area contributed by atoms with E-state index in [0.29, 0.717) is 12.2 Å². The number of hydrogen-bond donors (Lipinski definition) is 2. The van der Waals surface area contributed by atoms with Gasteiger partial charge in [-0.25, -0.2) is 9.97 Å². The average molecular weight is 394 g/mol.